The fraction of sp³-hybridized carbons (Fsp3) is 0.217. The van der Waals surface area contributed by atoms with Crippen LogP contribution in [0, 0.1) is 5.41 Å². The largest absolute Gasteiger partial charge is 0.493 e. The van der Waals surface area contributed by atoms with E-state index >= 15 is 0 Å². The number of ether oxygens (including phenoxy) is 1. The van der Waals surface area contributed by atoms with Crippen LogP contribution in [0.5, 0.6) is 11.5 Å². The van der Waals surface area contributed by atoms with Crippen molar-refractivity contribution in [2.75, 3.05) is 7.11 Å². The number of nitrogens with one attached hydrogen (secondary N) is 1. The first kappa shape index (κ1) is 23.7. The summed E-state index contributed by atoms with van der Waals surface area (Å²) >= 11 is 1.31. The van der Waals surface area contributed by atoms with Gasteiger partial charge in [-0.05, 0) is 60.5 Å². The van der Waals surface area contributed by atoms with Gasteiger partial charge in [0.15, 0.2) is 17.3 Å². The minimum Gasteiger partial charge on any atom is -0.493 e. The van der Waals surface area contributed by atoms with E-state index in [0.29, 0.717) is 10.7 Å². The maximum atomic E-state index is 12.6. The van der Waals surface area contributed by atoms with Crippen molar-refractivity contribution >= 4 is 49.9 Å². The molecule has 0 aliphatic carbocycles. The lowest BCUT2D eigenvalue weighted by Gasteiger charge is -2.20. The number of unbranched alkanes of at least 4 members (excludes halogenated alkanes) is 1. The van der Waals surface area contributed by atoms with Gasteiger partial charge in [0.1, 0.15) is 9.94 Å². The van der Waals surface area contributed by atoms with Crippen LogP contribution in [0.25, 0.3) is 6.08 Å². The van der Waals surface area contributed by atoms with Gasteiger partial charge in [-0.15, -0.1) is 0 Å². The summed E-state index contributed by atoms with van der Waals surface area (Å²) in [6.45, 7) is 2.08. The van der Waals surface area contributed by atoms with Gasteiger partial charge in [-0.25, -0.2) is 0 Å². The minimum absolute atomic E-state index is 0.0000313. The number of methoxy groups -OCH3 is 1. The summed E-state index contributed by atoms with van der Waals surface area (Å²) in [5, 5.41) is 15.5. The van der Waals surface area contributed by atoms with Crippen LogP contribution in [0.1, 0.15) is 31.7 Å². The topological polar surface area (TPSA) is 121 Å². The number of fused-ring (bicyclic) bond motifs is 1. The molecule has 1 N–H and O–H groups in total. The summed E-state index contributed by atoms with van der Waals surface area (Å²) in [4.78, 5) is 16.7. The zero-order valence-electron chi connectivity index (χ0n) is 18.5. The molecule has 0 saturated heterocycles. The molecule has 2 aliphatic heterocycles. The Morgan fingerprint density at radius 1 is 1.15 bits per heavy atom. The Balaban J connectivity index is 1.60. The number of hydrazone groups is 1. The van der Waals surface area contributed by atoms with Crippen molar-refractivity contribution in [2.45, 2.75) is 31.1 Å². The van der Waals surface area contributed by atoms with Crippen LogP contribution < -0.4 is 8.92 Å². The molecule has 9 nitrogen and oxygen atoms in total. The predicted octanol–water partition coefficient (Wildman–Crippen LogP) is 4.27. The van der Waals surface area contributed by atoms with Crippen molar-refractivity contribution in [1.82, 2.24) is 5.01 Å². The zero-order chi connectivity index (χ0) is 24.3. The number of amides is 1. The number of benzene rings is 2. The fourth-order valence-corrected chi connectivity index (χ4v) is 5.11. The summed E-state index contributed by atoms with van der Waals surface area (Å²) in [6.07, 6.45) is 4.24. The Hall–Kier alpha value is -3.44. The molecule has 2 aromatic rings. The number of thioether (sulfide) groups is 1. The van der Waals surface area contributed by atoms with Crippen molar-refractivity contribution in [2.24, 2.45) is 10.1 Å². The van der Waals surface area contributed by atoms with Gasteiger partial charge in [0.05, 0.1) is 12.7 Å². The number of carbonyl (C=O) groups excluding carboxylic acids is 1. The van der Waals surface area contributed by atoms with Gasteiger partial charge in [-0.1, -0.05) is 37.6 Å². The molecular weight excluding hydrogens is 476 g/mol. The number of amidine groups is 2. The number of carbonyl (C=O) groups is 1. The van der Waals surface area contributed by atoms with Crippen LogP contribution in [0.2, 0.25) is 0 Å². The first-order valence-corrected chi connectivity index (χ1v) is 12.7. The lowest BCUT2D eigenvalue weighted by atomic mass is 10.1. The van der Waals surface area contributed by atoms with E-state index in [9.17, 15) is 13.2 Å². The molecule has 0 saturated carbocycles. The van der Waals surface area contributed by atoms with Gasteiger partial charge in [0.25, 0.3) is 5.91 Å². The minimum atomic E-state index is -4.05. The van der Waals surface area contributed by atoms with Crippen LogP contribution in [0.3, 0.4) is 0 Å². The maximum absolute atomic E-state index is 12.6. The van der Waals surface area contributed by atoms with Gasteiger partial charge in [0, 0.05) is 0 Å². The molecule has 2 heterocycles. The third-order valence-corrected chi connectivity index (χ3v) is 7.19. The maximum Gasteiger partial charge on any atom is 0.339 e. The molecule has 0 radical (unpaired) electrons. The van der Waals surface area contributed by atoms with E-state index in [-0.39, 0.29) is 27.8 Å². The highest BCUT2D eigenvalue weighted by Gasteiger charge is 2.35. The summed E-state index contributed by atoms with van der Waals surface area (Å²) in [6, 6.07) is 12.3. The molecule has 0 bridgehead atoms. The van der Waals surface area contributed by atoms with E-state index in [2.05, 4.69) is 17.0 Å². The molecule has 0 unspecified atom stereocenters. The Morgan fingerprint density at radius 2 is 1.91 bits per heavy atom. The van der Waals surface area contributed by atoms with E-state index in [4.69, 9.17) is 14.3 Å². The third kappa shape index (κ3) is 4.90. The highest BCUT2D eigenvalue weighted by molar-refractivity contribution is 8.26. The summed E-state index contributed by atoms with van der Waals surface area (Å²) in [7, 11) is -2.67. The second kappa shape index (κ2) is 9.82. The molecule has 0 atom stereocenters. The SMILES string of the molecule is CCCCC1=NN2C(=N)/C(=C/c3ccc(OS(=O)(=O)c4ccccc4)c(OC)c3)C(=O)N=C2S1. The van der Waals surface area contributed by atoms with Crippen LogP contribution in [-0.4, -0.2) is 42.5 Å². The van der Waals surface area contributed by atoms with Crippen LogP contribution in [0.15, 0.2) is 69.1 Å². The third-order valence-electron chi connectivity index (χ3n) is 4.97. The average molecular weight is 499 g/mol. The summed E-state index contributed by atoms with van der Waals surface area (Å²) < 4.78 is 35.7. The van der Waals surface area contributed by atoms with Gasteiger partial charge >= 0.3 is 10.1 Å². The molecule has 4 rings (SSSR count). The van der Waals surface area contributed by atoms with Gasteiger partial charge in [0.2, 0.25) is 5.17 Å². The molecule has 2 aliphatic rings. The number of hydrogen-bond acceptors (Lipinski definition) is 8. The Kier molecular flexibility index (Phi) is 6.85. The van der Waals surface area contributed by atoms with E-state index in [1.54, 1.807) is 24.3 Å². The monoisotopic (exact) mass is 498 g/mol. The summed E-state index contributed by atoms with van der Waals surface area (Å²) in [5.41, 5.74) is 0.576. The Bertz CT molecular complexity index is 1330. The smallest absolute Gasteiger partial charge is 0.339 e. The first-order valence-electron chi connectivity index (χ1n) is 10.5. The Morgan fingerprint density at radius 3 is 2.62 bits per heavy atom. The molecular formula is C23H22N4O5S2. The second-order valence-corrected chi connectivity index (χ2v) is 9.96. The van der Waals surface area contributed by atoms with Crippen molar-refractivity contribution in [3.8, 4) is 11.5 Å². The van der Waals surface area contributed by atoms with Crippen LogP contribution >= 0.6 is 11.8 Å². The molecule has 0 spiro atoms. The van der Waals surface area contributed by atoms with Gasteiger partial charge in [-0.2, -0.15) is 23.5 Å². The van der Waals surface area contributed by atoms with Crippen LogP contribution in [0.4, 0.5) is 0 Å². The highest BCUT2D eigenvalue weighted by Crippen LogP contribution is 2.33. The molecule has 1 amide bonds. The van der Waals surface area contributed by atoms with Crippen molar-refractivity contribution in [3.05, 3.63) is 59.7 Å². The average Bonchev–Trinajstić information content (AvgIpc) is 3.24. The lowest BCUT2D eigenvalue weighted by Crippen LogP contribution is -2.35. The first-order chi connectivity index (χ1) is 16.3. The molecule has 2 aromatic carbocycles. The molecule has 0 fully saturated rings. The zero-order valence-corrected chi connectivity index (χ0v) is 20.1. The molecule has 11 heteroatoms. The molecule has 0 aromatic heterocycles. The number of rotatable bonds is 8. The van der Waals surface area contributed by atoms with Gasteiger partial charge < -0.3 is 8.92 Å². The van der Waals surface area contributed by atoms with Crippen molar-refractivity contribution < 1.29 is 22.1 Å². The quantitative estimate of drug-likeness (QED) is 0.426. The van der Waals surface area contributed by atoms with Crippen molar-refractivity contribution in [3.63, 3.8) is 0 Å². The second-order valence-electron chi connectivity index (χ2n) is 7.38. The standard InChI is InChI=1S/C23H22N4O5S2/c1-3-4-10-20-26-27-21(24)17(22(28)25-23(27)33-20)13-15-11-12-18(19(14-15)31-2)32-34(29,30)16-8-6-5-7-9-16/h5-9,11-14,24H,3-4,10H2,1-2H3/b17-13-,24-21?. The Labute approximate surface area is 201 Å². The van der Waals surface area contributed by atoms with E-state index in [1.807, 2.05) is 0 Å². The van der Waals surface area contributed by atoms with Gasteiger partial charge in [-0.3, -0.25) is 10.2 Å². The normalized spacial score (nSPS) is 16.9. The predicted molar refractivity (Wildman–Crippen MR) is 132 cm³/mol. The van der Waals surface area contributed by atoms with Crippen LogP contribution in [-0.2, 0) is 14.9 Å². The highest BCUT2D eigenvalue weighted by atomic mass is 32.2. The van der Waals surface area contributed by atoms with Crippen molar-refractivity contribution in [1.29, 1.82) is 5.41 Å². The number of hydrogen-bond donors (Lipinski definition) is 1. The molecule has 176 valence electrons. The van der Waals surface area contributed by atoms with E-state index < -0.39 is 16.0 Å². The molecule has 34 heavy (non-hydrogen) atoms. The summed E-state index contributed by atoms with van der Waals surface area (Å²) in [5.74, 6) is -0.453. The van der Waals surface area contributed by atoms with E-state index in [1.165, 1.54) is 54.2 Å². The lowest BCUT2D eigenvalue weighted by molar-refractivity contribution is -0.114. The number of aliphatic imine (C=N–C) groups is 1. The fourth-order valence-electron chi connectivity index (χ4n) is 3.22. The van der Waals surface area contributed by atoms with E-state index in [0.717, 1.165) is 24.3 Å². The number of nitrogens with zero attached hydrogens (tertiary/aromatic N) is 3.